The van der Waals surface area contributed by atoms with E-state index < -0.39 is 0 Å². The van der Waals surface area contributed by atoms with E-state index in [0.29, 0.717) is 11.3 Å². The predicted molar refractivity (Wildman–Crippen MR) is 65.3 cm³/mol. The molecule has 86 valence electrons. The summed E-state index contributed by atoms with van der Waals surface area (Å²) in [6, 6.07) is 0. The lowest BCUT2D eigenvalue weighted by Crippen LogP contribution is -2.42. The highest BCUT2D eigenvalue weighted by Gasteiger charge is 2.28. The highest BCUT2D eigenvalue weighted by molar-refractivity contribution is 4.85. The topological polar surface area (TPSA) is 26.0 Å². The molecule has 0 aliphatic heterocycles. The van der Waals surface area contributed by atoms with Crippen molar-refractivity contribution in [2.45, 2.75) is 66.8 Å². The van der Waals surface area contributed by atoms with Gasteiger partial charge in [-0.2, -0.15) is 0 Å². The van der Waals surface area contributed by atoms with E-state index in [-0.39, 0.29) is 5.54 Å². The first-order chi connectivity index (χ1) is 6.09. The molecule has 0 aromatic rings. The number of hydrogen-bond acceptors (Lipinski definition) is 1. The third-order valence-corrected chi connectivity index (χ3v) is 4.19. The molecule has 1 atom stereocenters. The largest absolute Gasteiger partial charge is 0.325 e. The fraction of sp³-hybridized carbons (Fsp3) is 1.00. The molecule has 0 saturated carbocycles. The molecule has 0 aromatic carbocycles. The van der Waals surface area contributed by atoms with E-state index in [1.165, 1.54) is 6.42 Å². The third-order valence-electron chi connectivity index (χ3n) is 4.19. The average molecular weight is 199 g/mol. The van der Waals surface area contributed by atoms with Crippen molar-refractivity contribution in [1.29, 1.82) is 0 Å². The Balaban J connectivity index is 4.18. The Morgan fingerprint density at radius 3 is 1.57 bits per heavy atom. The lowest BCUT2D eigenvalue weighted by atomic mass is 9.73. The van der Waals surface area contributed by atoms with Crippen LogP contribution in [0.1, 0.15) is 61.3 Å². The fourth-order valence-electron chi connectivity index (χ4n) is 1.17. The van der Waals surface area contributed by atoms with Crippen molar-refractivity contribution in [2.24, 2.45) is 23.0 Å². The Bertz CT molecular complexity index is 146. The second kappa shape index (κ2) is 4.65. The maximum atomic E-state index is 6.27. The van der Waals surface area contributed by atoms with Crippen LogP contribution in [-0.4, -0.2) is 5.54 Å². The quantitative estimate of drug-likeness (QED) is 0.715. The van der Waals surface area contributed by atoms with Crippen LogP contribution in [0.3, 0.4) is 0 Å². The van der Waals surface area contributed by atoms with Gasteiger partial charge >= 0.3 is 0 Å². The van der Waals surface area contributed by atoms with Crippen LogP contribution < -0.4 is 5.73 Å². The van der Waals surface area contributed by atoms with E-state index in [9.17, 15) is 0 Å². The summed E-state index contributed by atoms with van der Waals surface area (Å²) in [5.74, 6) is 1.29. The maximum Gasteiger partial charge on any atom is 0.0149 e. The molecule has 0 aliphatic rings. The van der Waals surface area contributed by atoms with Gasteiger partial charge in [0.1, 0.15) is 0 Å². The molecule has 0 fully saturated rings. The SMILES string of the molecule is CC(C)C(C)(C)CCC(C)(N)C(C)C. The van der Waals surface area contributed by atoms with Gasteiger partial charge in [0.15, 0.2) is 0 Å². The second-order valence-electron chi connectivity index (χ2n) is 6.30. The summed E-state index contributed by atoms with van der Waals surface area (Å²) in [5.41, 5.74) is 6.67. The molecule has 1 unspecified atom stereocenters. The van der Waals surface area contributed by atoms with E-state index >= 15 is 0 Å². The zero-order valence-electron chi connectivity index (χ0n) is 11.1. The van der Waals surface area contributed by atoms with Gasteiger partial charge in [-0.3, -0.25) is 0 Å². The second-order valence-corrected chi connectivity index (χ2v) is 6.30. The van der Waals surface area contributed by atoms with Crippen molar-refractivity contribution < 1.29 is 0 Å². The Morgan fingerprint density at radius 1 is 0.857 bits per heavy atom. The number of nitrogens with two attached hydrogens (primary N) is 1. The molecular weight excluding hydrogens is 170 g/mol. The number of hydrogen-bond donors (Lipinski definition) is 1. The van der Waals surface area contributed by atoms with E-state index in [1.807, 2.05) is 0 Å². The van der Waals surface area contributed by atoms with Crippen molar-refractivity contribution in [3.8, 4) is 0 Å². The predicted octanol–water partition coefficient (Wildman–Crippen LogP) is 3.82. The molecule has 0 bridgehead atoms. The van der Waals surface area contributed by atoms with Crippen molar-refractivity contribution in [1.82, 2.24) is 0 Å². The Labute approximate surface area is 90.5 Å². The van der Waals surface area contributed by atoms with Gasteiger partial charge in [0.2, 0.25) is 0 Å². The van der Waals surface area contributed by atoms with Gasteiger partial charge in [-0.15, -0.1) is 0 Å². The monoisotopic (exact) mass is 199 g/mol. The smallest absolute Gasteiger partial charge is 0.0149 e. The highest BCUT2D eigenvalue weighted by atomic mass is 14.7. The molecule has 1 heteroatoms. The van der Waals surface area contributed by atoms with Crippen molar-refractivity contribution >= 4 is 0 Å². The molecule has 0 aliphatic carbocycles. The molecular formula is C13H29N. The van der Waals surface area contributed by atoms with E-state index in [1.54, 1.807) is 0 Å². The van der Waals surface area contributed by atoms with E-state index in [0.717, 1.165) is 12.3 Å². The molecule has 0 saturated heterocycles. The Hall–Kier alpha value is -0.0400. The van der Waals surface area contributed by atoms with E-state index in [2.05, 4.69) is 48.5 Å². The minimum absolute atomic E-state index is 0.00778. The molecule has 1 nitrogen and oxygen atoms in total. The summed E-state index contributed by atoms with van der Waals surface area (Å²) in [6.07, 6.45) is 2.34. The summed E-state index contributed by atoms with van der Waals surface area (Å²) in [7, 11) is 0. The lowest BCUT2D eigenvalue weighted by Gasteiger charge is -2.36. The molecule has 0 amide bonds. The number of rotatable bonds is 5. The van der Waals surface area contributed by atoms with Crippen molar-refractivity contribution in [3.05, 3.63) is 0 Å². The van der Waals surface area contributed by atoms with Gasteiger partial charge in [-0.1, -0.05) is 41.5 Å². The van der Waals surface area contributed by atoms with E-state index in [4.69, 9.17) is 5.73 Å². The first-order valence-corrected chi connectivity index (χ1v) is 5.88. The van der Waals surface area contributed by atoms with Crippen LogP contribution in [0.15, 0.2) is 0 Å². The summed E-state index contributed by atoms with van der Waals surface area (Å²) >= 11 is 0. The molecule has 0 spiro atoms. The average Bonchev–Trinajstić information content (AvgIpc) is 2.01. The summed E-state index contributed by atoms with van der Waals surface area (Å²) < 4.78 is 0. The van der Waals surface area contributed by atoms with Crippen LogP contribution in [0.5, 0.6) is 0 Å². The Kier molecular flexibility index (Phi) is 4.64. The third kappa shape index (κ3) is 4.00. The van der Waals surface area contributed by atoms with Gasteiger partial charge in [0, 0.05) is 5.54 Å². The molecule has 2 N–H and O–H groups in total. The summed E-state index contributed by atoms with van der Waals surface area (Å²) in [5, 5.41) is 0. The van der Waals surface area contributed by atoms with Crippen LogP contribution in [0.4, 0.5) is 0 Å². The standard InChI is InChI=1S/C13H29N/c1-10(2)12(5,6)8-9-13(7,14)11(3)4/h10-11H,8-9,14H2,1-7H3. The Morgan fingerprint density at radius 2 is 1.29 bits per heavy atom. The molecule has 14 heavy (non-hydrogen) atoms. The van der Waals surface area contributed by atoms with Crippen LogP contribution in [0, 0.1) is 17.3 Å². The highest BCUT2D eigenvalue weighted by Crippen LogP contribution is 2.34. The zero-order valence-corrected chi connectivity index (χ0v) is 11.1. The lowest BCUT2D eigenvalue weighted by molar-refractivity contribution is 0.185. The van der Waals surface area contributed by atoms with Gasteiger partial charge in [-0.05, 0) is 37.0 Å². The van der Waals surface area contributed by atoms with Gasteiger partial charge in [-0.25, -0.2) is 0 Å². The minimum atomic E-state index is -0.00778. The normalized spacial score (nSPS) is 17.6. The zero-order chi connectivity index (χ0) is 11.6. The minimum Gasteiger partial charge on any atom is -0.325 e. The van der Waals surface area contributed by atoms with Gasteiger partial charge in [0.25, 0.3) is 0 Å². The van der Waals surface area contributed by atoms with Crippen LogP contribution in [0.25, 0.3) is 0 Å². The molecule has 0 heterocycles. The molecule has 0 rings (SSSR count). The first-order valence-electron chi connectivity index (χ1n) is 5.88. The molecule has 0 aromatic heterocycles. The van der Waals surface area contributed by atoms with Crippen LogP contribution in [0.2, 0.25) is 0 Å². The maximum absolute atomic E-state index is 6.27. The van der Waals surface area contributed by atoms with Crippen LogP contribution >= 0.6 is 0 Å². The van der Waals surface area contributed by atoms with Crippen molar-refractivity contribution in [3.63, 3.8) is 0 Å². The van der Waals surface area contributed by atoms with Crippen molar-refractivity contribution in [2.75, 3.05) is 0 Å². The van der Waals surface area contributed by atoms with Gasteiger partial charge in [0.05, 0.1) is 0 Å². The van der Waals surface area contributed by atoms with Crippen LogP contribution in [-0.2, 0) is 0 Å². The summed E-state index contributed by atoms with van der Waals surface area (Å²) in [4.78, 5) is 0. The summed E-state index contributed by atoms with van der Waals surface area (Å²) in [6.45, 7) is 15.9. The van der Waals surface area contributed by atoms with Gasteiger partial charge < -0.3 is 5.73 Å². The first kappa shape index (κ1) is 14.0. The molecule has 0 radical (unpaired) electrons. The fourth-order valence-corrected chi connectivity index (χ4v) is 1.17.